The Bertz CT molecular complexity index is 890. The lowest BCUT2D eigenvalue weighted by molar-refractivity contribution is 0.331. The summed E-state index contributed by atoms with van der Waals surface area (Å²) in [4.78, 5) is 22.3. The summed E-state index contributed by atoms with van der Waals surface area (Å²) >= 11 is 0. The molecule has 0 aliphatic carbocycles. The molecule has 1 aliphatic heterocycles. The standard InChI is InChI=1S/C13H17N5O3S/c1-22(20,21)18-6-4-10(5-7-18)15-13-14-8-9-2-3-11(19)16-12(9)17-13/h2-3,8,10H,4-7H2,1H3,(H2,14,15,16,17,19)/i10D. The summed E-state index contributed by atoms with van der Waals surface area (Å²) < 4.78 is 32.8. The number of hydrogen-bond acceptors (Lipinski definition) is 6. The van der Waals surface area contributed by atoms with Crippen LogP contribution in [-0.4, -0.2) is 53.0 Å². The number of pyridine rings is 1. The first-order valence-electron chi connectivity index (χ1n) is 7.35. The molecule has 0 unspecified atom stereocenters. The number of aromatic amines is 1. The summed E-state index contributed by atoms with van der Waals surface area (Å²) in [5.74, 6) is 0.238. The molecule has 2 aromatic rings. The van der Waals surface area contributed by atoms with Crippen LogP contribution in [0.4, 0.5) is 5.95 Å². The quantitative estimate of drug-likeness (QED) is 0.832. The van der Waals surface area contributed by atoms with Crippen LogP contribution in [0.5, 0.6) is 0 Å². The molecule has 118 valence electrons. The van der Waals surface area contributed by atoms with Gasteiger partial charge in [0.05, 0.1) is 7.63 Å². The average molecular weight is 324 g/mol. The predicted octanol–water partition coefficient (Wildman–Crippen LogP) is 0.154. The SMILES string of the molecule is [2H]C1(Nc2ncc3ccc(=O)[nH]c3n2)CCN(S(C)(=O)=O)CC1. The van der Waals surface area contributed by atoms with E-state index in [0.29, 0.717) is 23.9 Å². The van der Waals surface area contributed by atoms with Gasteiger partial charge in [-0.25, -0.2) is 17.7 Å². The maximum Gasteiger partial charge on any atom is 0.249 e. The zero-order chi connectivity index (χ0) is 16.7. The molecule has 0 spiro atoms. The van der Waals surface area contributed by atoms with Gasteiger partial charge in [0.15, 0.2) is 0 Å². The lowest BCUT2D eigenvalue weighted by Crippen LogP contribution is -2.42. The Morgan fingerprint density at radius 1 is 1.41 bits per heavy atom. The van der Waals surface area contributed by atoms with Crippen molar-refractivity contribution in [2.24, 2.45) is 0 Å². The first-order chi connectivity index (χ1) is 10.8. The van der Waals surface area contributed by atoms with E-state index < -0.39 is 16.0 Å². The summed E-state index contributed by atoms with van der Waals surface area (Å²) in [6.45, 7) is 0.555. The zero-order valence-electron chi connectivity index (χ0n) is 13.0. The van der Waals surface area contributed by atoms with E-state index >= 15 is 0 Å². The third-order valence-corrected chi connectivity index (χ3v) is 4.86. The first kappa shape index (κ1) is 13.6. The summed E-state index contributed by atoms with van der Waals surface area (Å²) in [6.07, 6.45) is 3.38. The van der Waals surface area contributed by atoms with Gasteiger partial charge < -0.3 is 10.3 Å². The average Bonchev–Trinajstić information content (AvgIpc) is 2.46. The van der Waals surface area contributed by atoms with Crippen LogP contribution in [-0.2, 0) is 10.0 Å². The highest BCUT2D eigenvalue weighted by Gasteiger charge is 2.25. The molecule has 1 fully saturated rings. The van der Waals surface area contributed by atoms with Crippen LogP contribution in [0, 0.1) is 0 Å². The summed E-state index contributed by atoms with van der Waals surface area (Å²) in [7, 11) is -3.23. The van der Waals surface area contributed by atoms with Gasteiger partial charge in [-0.15, -0.1) is 0 Å². The molecule has 0 saturated carbocycles. The minimum atomic E-state index is -3.23. The molecule has 0 radical (unpaired) electrons. The molecule has 0 aromatic carbocycles. The van der Waals surface area contributed by atoms with E-state index in [9.17, 15) is 13.2 Å². The van der Waals surface area contributed by atoms with Gasteiger partial charge in [0.25, 0.3) is 0 Å². The molecule has 22 heavy (non-hydrogen) atoms. The van der Waals surface area contributed by atoms with E-state index in [2.05, 4.69) is 20.3 Å². The van der Waals surface area contributed by atoms with Gasteiger partial charge in [-0.1, -0.05) is 0 Å². The van der Waals surface area contributed by atoms with E-state index in [1.165, 1.54) is 16.6 Å². The Hall–Kier alpha value is -2.00. The highest BCUT2D eigenvalue weighted by molar-refractivity contribution is 7.88. The molecule has 3 rings (SSSR count). The van der Waals surface area contributed by atoms with Crippen molar-refractivity contribution < 1.29 is 9.79 Å². The summed E-state index contributed by atoms with van der Waals surface area (Å²) in [6, 6.07) is 1.98. The number of sulfonamides is 1. The Labute approximate surface area is 129 Å². The number of nitrogens with one attached hydrogen (secondary N) is 2. The lowest BCUT2D eigenvalue weighted by atomic mass is 10.1. The molecule has 8 nitrogen and oxygen atoms in total. The van der Waals surface area contributed by atoms with Gasteiger partial charge in [-0.3, -0.25) is 4.79 Å². The summed E-state index contributed by atoms with van der Waals surface area (Å²) in [5.41, 5.74) is 0.136. The Kier molecular flexibility index (Phi) is 3.51. The number of fused-ring (bicyclic) bond motifs is 1. The monoisotopic (exact) mass is 324 g/mol. The topological polar surface area (TPSA) is 108 Å². The van der Waals surface area contributed by atoms with Crippen molar-refractivity contribution in [3.8, 4) is 0 Å². The van der Waals surface area contributed by atoms with Crippen molar-refractivity contribution in [2.45, 2.75) is 18.9 Å². The van der Waals surface area contributed by atoms with Gasteiger partial charge in [0.1, 0.15) is 5.65 Å². The second kappa shape index (κ2) is 5.65. The van der Waals surface area contributed by atoms with Crippen molar-refractivity contribution in [2.75, 3.05) is 24.7 Å². The lowest BCUT2D eigenvalue weighted by Gasteiger charge is -2.30. The number of rotatable bonds is 3. The van der Waals surface area contributed by atoms with E-state index in [-0.39, 0.29) is 24.6 Å². The fourth-order valence-electron chi connectivity index (χ4n) is 2.37. The molecule has 1 aliphatic rings. The molecule has 2 N–H and O–H groups in total. The van der Waals surface area contributed by atoms with E-state index in [1.54, 1.807) is 12.3 Å². The largest absolute Gasteiger partial charge is 0.351 e. The Morgan fingerprint density at radius 3 is 2.82 bits per heavy atom. The van der Waals surface area contributed by atoms with Crippen molar-refractivity contribution in [1.29, 1.82) is 0 Å². The molecule has 1 saturated heterocycles. The highest BCUT2D eigenvalue weighted by Crippen LogP contribution is 2.17. The van der Waals surface area contributed by atoms with Crippen LogP contribution in [0.3, 0.4) is 0 Å². The van der Waals surface area contributed by atoms with E-state index in [1.807, 2.05) is 0 Å². The number of hydrogen-bond donors (Lipinski definition) is 2. The van der Waals surface area contributed by atoms with Gasteiger partial charge in [0, 0.05) is 36.8 Å². The highest BCUT2D eigenvalue weighted by atomic mass is 32.2. The van der Waals surface area contributed by atoms with Crippen LogP contribution in [0.2, 0.25) is 0 Å². The number of nitrogens with zero attached hydrogens (tertiary/aromatic N) is 3. The maximum absolute atomic E-state index is 11.5. The molecule has 9 heteroatoms. The van der Waals surface area contributed by atoms with Crippen molar-refractivity contribution in [3.63, 3.8) is 0 Å². The van der Waals surface area contributed by atoms with Crippen LogP contribution >= 0.6 is 0 Å². The minimum Gasteiger partial charge on any atom is -0.351 e. The van der Waals surface area contributed by atoms with Gasteiger partial charge in [-0.05, 0) is 18.9 Å². The van der Waals surface area contributed by atoms with Crippen molar-refractivity contribution in [3.05, 3.63) is 28.7 Å². The van der Waals surface area contributed by atoms with E-state index in [0.717, 1.165) is 0 Å². The molecule has 0 bridgehead atoms. The molecule has 3 heterocycles. The fourth-order valence-corrected chi connectivity index (χ4v) is 3.21. The second-order valence-corrected chi connectivity index (χ2v) is 7.19. The smallest absolute Gasteiger partial charge is 0.249 e. The van der Waals surface area contributed by atoms with Crippen molar-refractivity contribution >= 4 is 27.0 Å². The molecule has 2 aromatic heterocycles. The molecular weight excluding hydrogens is 306 g/mol. The zero-order valence-corrected chi connectivity index (χ0v) is 12.9. The number of anilines is 1. The van der Waals surface area contributed by atoms with Crippen molar-refractivity contribution in [1.82, 2.24) is 19.3 Å². The van der Waals surface area contributed by atoms with Gasteiger partial charge in [-0.2, -0.15) is 4.98 Å². The minimum absolute atomic E-state index is 0.238. The Morgan fingerprint density at radius 2 is 2.14 bits per heavy atom. The van der Waals surface area contributed by atoms with Gasteiger partial charge in [0.2, 0.25) is 21.5 Å². The third-order valence-electron chi connectivity index (χ3n) is 3.56. The maximum atomic E-state index is 11.5. The molecule has 0 atom stereocenters. The number of H-pyrrole nitrogens is 1. The number of piperidine rings is 1. The molecule has 0 amide bonds. The predicted molar refractivity (Wildman–Crippen MR) is 83.2 cm³/mol. The van der Waals surface area contributed by atoms with Gasteiger partial charge >= 0.3 is 0 Å². The van der Waals surface area contributed by atoms with Crippen LogP contribution < -0.4 is 10.9 Å². The second-order valence-electron chi connectivity index (χ2n) is 5.21. The Balaban J connectivity index is 1.78. The normalized spacial score (nSPS) is 19.8. The van der Waals surface area contributed by atoms with Crippen LogP contribution in [0.25, 0.3) is 11.0 Å². The van der Waals surface area contributed by atoms with E-state index in [4.69, 9.17) is 1.37 Å². The first-order valence-corrected chi connectivity index (χ1v) is 8.69. The fraction of sp³-hybridized carbons (Fsp3) is 0.462. The third kappa shape index (κ3) is 3.25. The molecular formula is C13H17N5O3S. The van der Waals surface area contributed by atoms with Crippen LogP contribution in [0.15, 0.2) is 23.1 Å². The van der Waals surface area contributed by atoms with Crippen LogP contribution in [0.1, 0.15) is 14.2 Å². The summed E-state index contributed by atoms with van der Waals surface area (Å²) in [5, 5.41) is 3.64. The number of aromatic nitrogens is 3.